The Morgan fingerprint density at radius 3 is 3.06 bits per heavy atom. The normalized spacial score (nSPS) is 19.9. The number of carbonyl (C=O) groups is 2. The van der Waals surface area contributed by atoms with Crippen molar-refractivity contribution in [2.24, 2.45) is 0 Å². The highest BCUT2D eigenvalue weighted by molar-refractivity contribution is 5.87. The van der Waals surface area contributed by atoms with E-state index in [1.54, 1.807) is 11.8 Å². The number of amides is 1. The molecule has 0 aliphatic carbocycles. The van der Waals surface area contributed by atoms with Crippen LogP contribution in [0.3, 0.4) is 0 Å². The molecule has 1 amide bonds. The van der Waals surface area contributed by atoms with Gasteiger partial charge in [0.25, 0.3) is 0 Å². The lowest BCUT2D eigenvalue weighted by atomic mass is 10.2. The van der Waals surface area contributed by atoms with Crippen molar-refractivity contribution < 1.29 is 14.7 Å². The van der Waals surface area contributed by atoms with Gasteiger partial charge in [0.2, 0.25) is 5.91 Å². The largest absolute Gasteiger partial charge is 0.476 e. The smallest absolute Gasteiger partial charge is 0.356 e. The number of nitrogens with one attached hydrogen (secondary N) is 1. The summed E-state index contributed by atoms with van der Waals surface area (Å²) in [5.41, 5.74) is -0.124. The van der Waals surface area contributed by atoms with Gasteiger partial charge in [-0.3, -0.25) is 9.78 Å². The maximum atomic E-state index is 11.5. The molecule has 2 N–H and O–H groups in total. The van der Waals surface area contributed by atoms with E-state index in [0.29, 0.717) is 18.9 Å². The van der Waals surface area contributed by atoms with Gasteiger partial charge in [0.15, 0.2) is 5.69 Å². The van der Waals surface area contributed by atoms with Crippen LogP contribution in [0.25, 0.3) is 0 Å². The van der Waals surface area contributed by atoms with E-state index >= 15 is 0 Å². The molecule has 1 aliphatic heterocycles. The number of aromatic nitrogens is 2. The average molecular weight is 236 g/mol. The molecule has 0 aromatic carbocycles. The molecule has 1 aromatic heterocycles. The number of nitrogens with zero attached hydrogens (tertiary/aromatic N) is 3. The molecule has 1 atom stereocenters. The third kappa shape index (κ3) is 2.17. The van der Waals surface area contributed by atoms with Crippen molar-refractivity contribution in [3.05, 3.63) is 18.1 Å². The molecular weight excluding hydrogens is 224 g/mol. The van der Waals surface area contributed by atoms with Gasteiger partial charge in [-0.25, -0.2) is 9.78 Å². The van der Waals surface area contributed by atoms with Crippen molar-refractivity contribution in [2.75, 3.05) is 18.0 Å². The fraction of sp³-hybridized carbons (Fsp3) is 0.400. The molecule has 0 bridgehead atoms. The fourth-order valence-corrected chi connectivity index (χ4v) is 1.69. The number of carbonyl (C=O) groups excluding carboxylic acids is 1. The van der Waals surface area contributed by atoms with E-state index in [-0.39, 0.29) is 17.6 Å². The molecule has 2 heterocycles. The third-order valence-electron chi connectivity index (χ3n) is 2.63. The molecule has 90 valence electrons. The molecule has 1 aromatic rings. The van der Waals surface area contributed by atoms with Crippen LogP contribution >= 0.6 is 0 Å². The second-order valence-corrected chi connectivity index (χ2v) is 3.73. The molecular formula is C10H12N4O3. The molecule has 0 radical (unpaired) electrons. The van der Waals surface area contributed by atoms with E-state index in [9.17, 15) is 9.59 Å². The number of carboxylic acid groups (broad SMARTS) is 1. The molecule has 1 saturated heterocycles. The number of aromatic carboxylic acids is 1. The summed E-state index contributed by atoms with van der Waals surface area (Å²) < 4.78 is 0. The van der Waals surface area contributed by atoms with Crippen LogP contribution in [0, 0.1) is 0 Å². The first-order valence-electron chi connectivity index (χ1n) is 5.19. The summed E-state index contributed by atoms with van der Waals surface area (Å²) in [4.78, 5) is 31.8. The molecule has 1 aliphatic rings. The summed E-state index contributed by atoms with van der Waals surface area (Å²) in [6.07, 6.45) is 2.64. The highest BCUT2D eigenvalue weighted by Gasteiger charge is 2.27. The zero-order chi connectivity index (χ0) is 12.4. The Morgan fingerprint density at radius 1 is 1.59 bits per heavy atom. The van der Waals surface area contributed by atoms with Gasteiger partial charge >= 0.3 is 5.97 Å². The lowest BCUT2D eigenvalue weighted by molar-refractivity contribution is -0.122. The van der Waals surface area contributed by atoms with E-state index in [4.69, 9.17) is 5.11 Å². The Morgan fingerprint density at radius 2 is 2.35 bits per heavy atom. The van der Waals surface area contributed by atoms with E-state index in [2.05, 4.69) is 15.3 Å². The molecule has 0 saturated carbocycles. The van der Waals surface area contributed by atoms with Crippen molar-refractivity contribution in [3.63, 3.8) is 0 Å². The number of hydrogen-bond donors (Lipinski definition) is 2. The van der Waals surface area contributed by atoms with Crippen molar-refractivity contribution in [3.8, 4) is 0 Å². The summed E-state index contributed by atoms with van der Waals surface area (Å²) >= 11 is 0. The lowest BCUT2D eigenvalue weighted by Crippen LogP contribution is -2.54. The molecule has 1 unspecified atom stereocenters. The Kier molecular flexibility index (Phi) is 2.90. The van der Waals surface area contributed by atoms with Gasteiger partial charge in [-0.15, -0.1) is 0 Å². The third-order valence-corrected chi connectivity index (χ3v) is 2.63. The topological polar surface area (TPSA) is 95.4 Å². The molecule has 0 spiro atoms. The van der Waals surface area contributed by atoms with E-state index < -0.39 is 5.97 Å². The van der Waals surface area contributed by atoms with Crippen LogP contribution in [0.5, 0.6) is 0 Å². The second-order valence-electron chi connectivity index (χ2n) is 3.73. The van der Waals surface area contributed by atoms with Crippen LogP contribution in [-0.4, -0.2) is 46.1 Å². The second kappa shape index (κ2) is 4.36. The maximum absolute atomic E-state index is 11.5. The number of anilines is 1. The highest BCUT2D eigenvalue weighted by atomic mass is 16.4. The minimum atomic E-state index is -1.13. The molecule has 2 rings (SSSR count). The minimum absolute atomic E-state index is 0.0984. The van der Waals surface area contributed by atoms with Crippen molar-refractivity contribution in [2.45, 2.75) is 13.0 Å². The first kappa shape index (κ1) is 11.3. The Bertz CT molecular complexity index is 463. The zero-order valence-corrected chi connectivity index (χ0v) is 9.25. The average Bonchev–Trinajstić information content (AvgIpc) is 2.33. The van der Waals surface area contributed by atoms with E-state index in [1.807, 2.05) is 0 Å². The van der Waals surface area contributed by atoms with E-state index in [0.717, 1.165) is 0 Å². The molecule has 7 heteroatoms. The van der Waals surface area contributed by atoms with Gasteiger partial charge in [0.1, 0.15) is 11.9 Å². The number of piperazine rings is 1. The van der Waals surface area contributed by atoms with Gasteiger partial charge in [-0.05, 0) is 6.92 Å². The monoisotopic (exact) mass is 236 g/mol. The minimum Gasteiger partial charge on any atom is -0.476 e. The van der Waals surface area contributed by atoms with Crippen LogP contribution in [-0.2, 0) is 4.79 Å². The zero-order valence-electron chi connectivity index (χ0n) is 9.25. The van der Waals surface area contributed by atoms with Crippen LogP contribution < -0.4 is 10.2 Å². The predicted molar refractivity (Wildman–Crippen MR) is 58.8 cm³/mol. The quantitative estimate of drug-likeness (QED) is 0.718. The summed E-state index contributed by atoms with van der Waals surface area (Å²) in [6, 6.07) is -0.373. The lowest BCUT2D eigenvalue weighted by Gasteiger charge is -2.33. The number of rotatable bonds is 2. The Hall–Kier alpha value is -2.18. The van der Waals surface area contributed by atoms with Gasteiger partial charge in [0.05, 0.1) is 12.4 Å². The van der Waals surface area contributed by atoms with Gasteiger partial charge < -0.3 is 15.3 Å². The first-order chi connectivity index (χ1) is 8.09. The molecule has 7 nitrogen and oxygen atoms in total. The Labute approximate surface area is 97.5 Å². The fourth-order valence-electron chi connectivity index (χ4n) is 1.69. The summed E-state index contributed by atoms with van der Waals surface area (Å²) in [6.45, 7) is 2.84. The standard InChI is InChI=1S/C10H12N4O3/c1-6-9(15)12-2-3-14(6)8-5-11-4-7(13-8)10(16)17/h4-6H,2-3H2,1H3,(H,12,15)(H,16,17). The van der Waals surface area contributed by atoms with Crippen molar-refractivity contribution >= 4 is 17.7 Å². The summed E-state index contributed by atoms with van der Waals surface area (Å²) in [5, 5.41) is 11.5. The van der Waals surface area contributed by atoms with Crippen LogP contribution in [0.4, 0.5) is 5.82 Å². The van der Waals surface area contributed by atoms with E-state index in [1.165, 1.54) is 12.4 Å². The summed E-state index contributed by atoms with van der Waals surface area (Å²) in [5.74, 6) is -0.820. The SMILES string of the molecule is CC1C(=O)NCCN1c1cncc(C(=O)O)n1. The summed E-state index contributed by atoms with van der Waals surface area (Å²) in [7, 11) is 0. The van der Waals surface area contributed by atoms with Gasteiger partial charge in [-0.2, -0.15) is 0 Å². The molecule has 17 heavy (non-hydrogen) atoms. The molecule has 1 fully saturated rings. The predicted octanol–water partition coefficient (Wildman–Crippen LogP) is -0.500. The highest BCUT2D eigenvalue weighted by Crippen LogP contribution is 2.15. The number of hydrogen-bond acceptors (Lipinski definition) is 5. The maximum Gasteiger partial charge on any atom is 0.356 e. The van der Waals surface area contributed by atoms with Crippen molar-refractivity contribution in [1.82, 2.24) is 15.3 Å². The van der Waals surface area contributed by atoms with Gasteiger partial charge in [-0.1, -0.05) is 0 Å². The van der Waals surface area contributed by atoms with Gasteiger partial charge in [0, 0.05) is 13.1 Å². The Balaban J connectivity index is 2.29. The number of carboxylic acids is 1. The van der Waals surface area contributed by atoms with Crippen LogP contribution in [0.1, 0.15) is 17.4 Å². The van der Waals surface area contributed by atoms with Crippen LogP contribution in [0.15, 0.2) is 12.4 Å². The van der Waals surface area contributed by atoms with Crippen LogP contribution in [0.2, 0.25) is 0 Å². The first-order valence-corrected chi connectivity index (χ1v) is 5.19. The van der Waals surface area contributed by atoms with Crippen molar-refractivity contribution in [1.29, 1.82) is 0 Å².